The average Bonchev–Trinajstić information content (AvgIpc) is 3.06. The van der Waals surface area contributed by atoms with Crippen LogP contribution in [-0.4, -0.2) is 12.6 Å². The van der Waals surface area contributed by atoms with Crippen LogP contribution in [0.5, 0.6) is 0 Å². The highest BCUT2D eigenvalue weighted by Crippen LogP contribution is 2.56. The first-order valence-corrected chi connectivity index (χ1v) is 7.27. The standard InChI is InChI=1S/C16H20ClO2/c1-3-16(2)11-13(16)7-5-9-19-15(18)12-6-4-8-14(17)10-12/h4,8,10,13H,3,5,7,9,11H2,1-2H3. The molecule has 2 nitrogen and oxygen atoms in total. The fourth-order valence-corrected chi connectivity index (χ4v) is 2.69. The van der Waals surface area contributed by atoms with Crippen LogP contribution in [0.4, 0.5) is 0 Å². The first-order valence-electron chi connectivity index (χ1n) is 6.89. The van der Waals surface area contributed by atoms with Gasteiger partial charge in [-0.05, 0) is 48.8 Å². The molecule has 1 aromatic rings. The minimum atomic E-state index is -0.337. The maximum Gasteiger partial charge on any atom is 0.338 e. The van der Waals surface area contributed by atoms with Gasteiger partial charge >= 0.3 is 5.97 Å². The summed E-state index contributed by atoms with van der Waals surface area (Å²) in [6.07, 6.45) is 4.65. The number of carbonyl (C=O) groups excluding carboxylic acids is 1. The normalized spacial score (nSPS) is 25.1. The molecule has 0 aromatic heterocycles. The van der Waals surface area contributed by atoms with E-state index in [-0.39, 0.29) is 5.97 Å². The maximum absolute atomic E-state index is 11.7. The van der Waals surface area contributed by atoms with Crippen molar-refractivity contribution < 1.29 is 9.53 Å². The van der Waals surface area contributed by atoms with Crippen molar-refractivity contribution in [2.45, 2.75) is 39.5 Å². The number of esters is 1. The third-order valence-corrected chi connectivity index (χ3v) is 4.49. The summed E-state index contributed by atoms with van der Waals surface area (Å²) in [5, 5.41) is 0.530. The smallest absolute Gasteiger partial charge is 0.338 e. The molecule has 0 N–H and O–H groups in total. The fraction of sp³-hybridized carbons (Fsp3) is 0.562. The molecule has 1 aliphatic rings. The molecule has 2 atom stereocenters. The van der Waals surface area contributed by atoms with E-state index in [0.717, 1.165) is 18.8 Å². The lowest BCUT2D eigenvalue weighted by Gasteiger charge is -2.08. The van der Waals surface area contributed by atoms with E-state index in [2.05, 4.69) is 19.9 Å². The monoisotopic (exact) mass is 279 g/mol. The highest BCUT2D eigenvalue weighted by molar-refractivity contribution is 6.30. The molecule has 103 valence electrons. The summed E-state index contributed by atoms with van der Waals surface area (Å²) in [7, 11) is 0. The van der Waals surface area contributed by atoms with Gasteiger partial charge in [-0.3, -0.25) is 0 Å². The number of hydrogen-bond donors (Lipinski definition) is 0. The predicted molar refractivity (Wildman–Crippen MR) is 76.3 cm³/mol. The molecule has 1 fully saturated rings. The minimum absolute atomic E-state index is 0.337. The maximum atomic E-state index is 11.7. The molecule has 19 heavy (non-hydrogen) atoms. The van der Waals surface area contributed by atoms with Gasteiger partial charge in [0.15, 0.2) is 0 Å². The highest BCUT2D eigenvalue weighted by Gasteiger charge is 2.47. The van der Waals surface area contributed by atoms with Gasteiger partial charge in [0.05, 0.1) is 12.2 Å². The fourth-order valence-electron chi connectivity index (χ4n) is 2.52. The van der Waals surface area contributed by atoms with Crippen LogP contribution in [-0.2, 0) is 4.74 Å². The molecule has 0 amide bonds. The average molecular weight is 280 g/mol. The Balaban J connectivity index is 1.68. The molecule has 0 heterocycles. The van der Waals surface area contributed by atoms with Crippen molar-refractivity contribution in [3.63, 3.8) is 0 Å². The van der Waals surface area contributed by atoms with Crippen molar-refractivity contribution >= 4 is 17.6 Å². The molecule has 0 spiro atoms. The largest absolute Gasteiger partial charge is 0.462 e. The van der Waals surface area contributed by atoms with Gasteiger partial charge in [-0.15, -0.1) is 0 Å². The van der Waals surface area contributed by atoms with Crippen LogP contribution in [0.15, 0.2) is 18.2 Å². The zero-order chi connectivity index (χ0) is 13.9. The molecule has 1 radical (unpaired) electrons. The van der Waals surface area contributed by atoms with Gasteiger partial charge in [-0.25, -0.2) is 4.79 Å². The third kappa shape index (κ3) is 3.73. The first kappa shape index (κ1) is 14.4. The van der Waals surface area contributed by atoms with Crippen molar-refractivity contribution in [1.29, 1.82) is 0 Å². The SMILES string of the molecule is CCC1(C)CC1CCCOC(=O)c1[c]ccc(Cl)c1. The second-order valence-corrected chi connectivity index (χ2v) is 6.04. The predicted octanol–water partition coefficient (Wildman–Crippen LogP) is 4.51. The molecule has 0 bridgehead atoms. The van der Waals surface area contributed by atoms with E-state index in [0.29, 0.717) is 22.6 Å². The molecular formula is C16H20ClO2. The Hall–Kier alpha value is -1.02. The molecule has 0 aliphatic heterocycles. The van der Waals surface area contributed by atoms with E-state index in [9.17, 15) is 4.79 Å². The Bertz CT molecular complexity index is 458. The molecule has 1 saturated carbocycles. The lowest BCUT2D eigenvalue weighted by Crippen LogP contribution is -2.07. The van der Waals surface area contributed by atoms with Gasteiger partial charge < -0.3 is 4.74 Å². The zero-order valence-electron chi connectivity index (χ0n) is 11.5. The quantitative estimate of drug-likeness (QED) is 0.565. The lowest BCUT2D eigenvalue weighted by atomic mass is 10.0. The van der Waals surface area contributed by atoms with E-state index in [4.69, 9.17) is 16.3 Å². The van der Waals surface area contributed by atoms with Gasteiger partial charge in [0.2, 0.25) is 0 Å². The Morgan fingerprint density at radius 3 is 3.05 bits per heavy atom. The topological polar surface area (TPSA) is 26.3 Å². The molecule has 2 rings (SSSR count). The van der Waals surface area contributed by atoms with Crippen LogP contribution in [0, 0.1) is 17.4 Å². The van der Waals surface area contributed by atoms with Gasteiger partial charge in [0, 0.05) is 5.02 Å². The van der Waals surface area contributed by atoms with Crippen molar-refractivity contribution in [3.8, 4) is 0 Å². The molecule has 1 aromatic carbocycles. The number of hydrogen-bond acceptors (Lipinski definition) is 2. The molecular weight excluding hydrogens is 260 g/mol. The number of carbonyl (C=O) groups is 1. The summed E-state index contributed by atoms with van der Waals surface area (Å²) in [6.45, 7) is 5.06. The van der Waals surface area contributed by atoms with Crippen molar-refractivity contribution in [2.75, 3.05) is 6.61 Å². The van der Waals surface area contributed by atoms with Crippen LogP contribution in [0.2, 0.25) is 5.02 Å². The summed E-state index contributed by atoms with van der Waals surface area (Å²) in [5.41, 5.74) is 0.947. The van der Waals surface area contributed by atoms with E-state index in [1.807, 2.05) is 0 Å². The summed E-state index contributed by atoms with van der Waals surface area (Å²) in [5.74, 6) is 0.477. The highest BCUT2D eigenvalue weighted by atomic mass is 35.5. The second kappa shape index (κ2) is 5.96. The van der Waals surface area contributed by atoms with Crippen molar-refractivity contribution in [3.05, 3.63) is 34.9 Å². The Morgan fingerprint density at radius 1 is 1.63 bits per heavy atom. The molecule has 3 heteroatoms. The first-order chi connectivity index (χ1) is 9.05. The number of halogens is 1. The Labute approximate surface area is 120 Å². The van der Waals surface area contributed by atoms with Crippen LogP contribution in [0.25, 0.3) is 0 Å². The molecule has 2 unspecified atom stereocenters. The van der Waals surface area contributed by atoms with Crippen molar-refractivity contribution in [1.82, 2.24) is 0 Å². The van der Waals surface area contributed by atoms with Crippen molar-refractivity contribution in [2.24, 2.45) is 11.3 Å². The van der Waals surface area contributed by atoms with Crippen LogP contribution < -0.4 is 0 Å². The van der Waals surface area contributed by atoms with Gasteiger partial charge in [0.25, 0.3) is 0 Å². The van der Waals surface area contributed by atoms with E-state index >= 15 is 0 Å². The van der Waals surface area contributed by atoms with E-state index < -0.39 is 0 Å². The van der Waals surface area contributed by atoms with Gasteiger partial charge in [0.1, 0.15) is 0 Å². The van der Waals surface area contributed by atoms with Crippen LogP contribution >= 0.6 is 11.6 Å². The lowest BCUT2D eigenvalue weighted by molar-refractivity contribution is 0.0495. The third-order valence-electron chi connectivity index (χ3n) is 4.26. The number of benzene rings is 1. The van der Waals surface area contributed by atoms with Crippen LogP contribution in [0.1, 0.15) is 49.9 Å². The zero-order valence-corrected chi connectivity index (χ0v) is 12.3. The number of ether oxygens (including phenoxy) is 1. The summed E-state index contributed by atoms with van der Waals surface area (Å²) in [4.78, 5) is 11.7. The van der Waals surface area contributed by atoms with E-state index in [1.54, 1.807) is 18.2 Å². The second-order valence-electron chi connectivity index (χ2n) is 5.61. The number of rotatable bonds is 6. The Kier molecular flexibility index (Phi) is 4.51. The van der Waals surface area contributed by atoms with Gasteiger partial charge in [-0.1, -0.05) is 37.9 Å². The summed E-state index contributed by atoms with van der Waals surface area (Å²) < 4.78 is 5.23. The molecule has 1 aliphatic carbocycles. The van der Waals surface area contributed by atoms with Crippen LogP contribution in [0.3, 0.4) is 0 Å². The molecule has 0 saturated heterocycles. The van der Waals surface area contributed by atoms with Gasteiger partial charge in [-0.2, -0.15) is 0 Å². The summed E-state index contributed by atoms with van der Waals surface area (Å²) in [6, 6.07) is 7.74. The minimum Gasteiger partial charge on any atom is -0.462 e. The van der Waals surface area contributed by atoms with E-state index in [1.165, 1.54) is 12.8 Å². The summed E-state index contributed by atoms with van der Waals surface area (Å²) >= 11 is 5.82. The Morgan fingerprint density at radius 2 is 2.42 bits per heavy atom.